The van der Waals surface area contributed by atoms with E-state index in [-0.39, 0.29) is 10.7 Å². The molecule has 0 aromatic heterocycles. The van der Waals surface area contributed by atoms with Gasteiger partial charge in [-0.2, -0.15) is 0 Å². The first kappa shape index (κ1) is 15.2. The lowest BCUT2D eigenvalue weighted by Crippen LogP contribution is -2.52. The number of ether oxygens (including phenoxy) is 1. The van der Waals surface area contributed by atoms with Crippen LogP contribution in [0, 0.1) is 0 Å². The minimum atomic E-state index is -0.506. The highest BCUT2D eigenvalue weighted by molar-refractivity contribution is 7.80. The molecule has 0 saturated carbocycles. The number of nitrogens with zero attached hydrogens (tertiary/aromatic N) is 1. The van der Waals surface area contributed by atoms with Gasteiger partial charge < -0.3 is 4.74 Å². The zero-order valence-electron chi connectivity index (χ0n) is 12.6. The second-order valence-electron chi connectivity index (χ2n) is 5.08. The summed E-state index contributed by atoms with van der Waals surface area (Å²) in [5.41, 5.74) is 0.709. The van der Waals surface area contributed by atoms with E-state index < -0.39 is 11.8 Å². The molecular formula is C17H14N2O3S. The van der Waals surface area contributed by atoms with Gasteiger partial charge in [-0.25, -0.2) is 0 Å². The van der Waals surface area contributed by atoms with Gasteiger partial charge in [0.15, 0.2) is 5.11 Å². The molecule has 1 aliphatic heterocycles. The molecule has 0 unspecified atom stereocenters. The van der Waals surface area contributed by atoms with Crippen LogP contribution in [0.1, 0.15) is 5.56 Å². The number of likely N-dealkylation sites (N-methyl/N-ethyl adjacent to an activating group) is 1. The van der Waals surface area contributed by atoms with Gasteiger partial charge in [0.2, 0.25) is 0 Å². The van der Waals surface area contributed by atoms with Crippen LogP contribution in [-0.4, -0.2) is 36.0 Å². The Bertz CT molecular complexity index is 873. The SMILES string of the molecule is COc1ccc2ccccc2c1/C=C1\C(=O)NC(=S)N(C)C1=O. The lowest BCUT2D eigenvalue weighted by molar-refractivity contribution is -0.128. The maximum absolute atomic E-state index is 12.4. The third-order valence-electron chi connectivity index (χ3n) is 3.74. The molecule has 6 heteroatoms. The van der Waals surface area contributed by atoms with Crippen molar-refractivity contribution in [1.29, 1.82) is 0 Å². The Kier molecular flexibility index (Phi) is 3.83. The first-order chi connectivity index (χ1) is 11.0. The number of carbonyl (C=O) groups excluding carboxylic acids is 2. The van der Waals surface area contributed by atoms with E-state index in [1.54, 1.807) is 13.2 Å². The Labute approximate surface area is 138 Å². The molecule has 0 aliphatic carbocycles. The molecule has 1 N–H and O–H groups in total. The van der Waals surface area contributed by atoms with E-state index in [0.29, 0.717) is 11.3 Å². The normalized spacial score (nSPS) is 16.9. The number of thiocarbonyl (C=S) groups is 1. The Hall–Kier alpha value is -2.73. The van der Waals surface area contributed by atoms with Crippen molar-refractivity contribution in [3.63, 3.8) is 0 Å². The average molecular weight is 326 g/mol. The quantitative estimate of drug-likeness (QED) is 0.522. The van der Waals surface area contributed by atoms with Crippen LogP contribution < -0.4 is 10.1 Å². The van der Waals surface area contributed by atoms with Crippen LogP contribution in [0.5, 0.6) is 5.75 Å². The number of fused-ring (bicyclic) bond motifs is 1. The number of hydrogen-bond donors (Lipinski definition) is 1. The molecule has 0 atom stereocenters. The minimum Gasteiger partial charge on any atom is -0.496 e. The largest absolute Gasteiger partial charge is 0.496 e. The predicted molar refractivity (Wildman–Crippen MR) is 92.0 cm³/mol. The van der Waals surface area contributed by atoms with Gasteiger partial charge in [0, 0.05) is 12.6 Å². The van der Waals surface area contributed by atoms with Gasteiger partial charge in [0.1, 0.15) is 11.3 Å². The smallest absolute Gasteiger partial charge is 0.265 e. The number of rotatable bonds is 2. The molecule has 0 radical (unpaired) electrons. The van der Waals surface area contributed by atoms with E-state index in [2.05, 4.69) is 5.32 Å². The lowest BCUT2D eigenvalue weighted by atomic mass is 10.00. The molecular weight excluding hydrogens is 312 g/mol. The molecule has 2 aromatic carbocycles. The summed E-state index contributed by atoms with van der Waals surface area (Å²) in [4.78, 5) is 25.7. The Balaban J connectivity index is 2.22. The van der Waals surface area contributed by atoms with Crippen molar-refractivity contribution in [2.24, 2.45) is 0 Å². The summed E-state index contributed by atoms with van der Waals surface area (Å²) in [6.07, 6.45) is 1.55. The van der Waals surface area contributed by atoms with E-state index >= 15 is 0 Å². The summed E-state index contributed by atoms with van der Waals surface area (Å²) in [6, 6.07) is 11.4. The van der Waals surface area contributed by atoms with Crippen molar-refractivity contribution in [2.75, 3.05) is 14.2 Å². The molecule has 3 rings (SSSR count). The summed E-state index contributed by atoms with van der Waals surface area (Å²) in [6.45, 7) is 0. The fraction of sp³-hybridized carbons (Fsp3) is 0.118. The van der Waals surface area contributed by atoms with Crippen LogP contribution >= 0.6 is 12.2 Å². The highest BCUT2D eigenvalue weighted by Crippen LogP contribution is 2.30. The first-order valence-electron chi connectivity index (χ1n) is 6.93. The Morgan fingerprint density at radius 3 is 2.65 bits per heavy atom. The number of benzene rings is 2. The van der Waals surface area contributed by atoms with Crippen molar-refractivity contribution in [3.8, 4) is 5.75 Å². The maximum atomic E-state index is 12.4. The van der Waals surface area contributed by atoms with E-state index in [0.717, 1.165) is 10.8 Å². The van der Waals surface area contributed by atoms with Gasteiger partial charge in [-0.1, -0.05) is 30.3 Å². The molecule has 23 heavy (non-hydrogen) atoms. The second-order valence-corrected chi connectivity index (χ2v) is 5.47. The van der Waals surface area contributed by atoms with Crippen LogP contribution in [0.3, 0.4) is 0 Å². The molecule has 1 heterocycles. The molecule has 5 nitrogen and oxygen atoms in total. The van der Waals surface area contributed by atoms with Gasteiger partial charge >= 0.3 is 0 Å². The highest BCUT2D eigenvalue weighted by atomic mass is 32.1. The summed E-state index contributed by atoms with van der Waals surface area (Å²) < 4.78 is 5.39. The summed E-state index contributed by atoms with van der Waals surface area (Å²) in [5, 5.41) is 4.50. The number of amides is 2. The molecule has 116 valence electrons. The molecule has 0 bridgehead atoms. The third-order valence-corrected chi connectivity index (χ3v) is 4.12. The number of nitrogens with one attached hydrogen (secondary N) is 1. The third kappa shape index (κ3) is 2.57. The minimum absolute atomic E-state index is 0.0238. The summed E-state index contributed by atoms with van der Waals surface area (Å²) >= 11 is 4.95. The fourth-order valence-corrected chi connectivity index (χ4v) is 2.67. The van der Waals surface area contributed by atoms with E-state index in [4.69, 9.17) is 17.0 Å². The summed E-state index contributed by atoms with van der Waals surface area (Å²) in [7, 11) is 3.08. The predicted octanol–water partition coefficient (Wildman–Crippen LogP) is 2.10. The highest BCUT2D eigenvalue weighted by Gasteiger charge is 2.31. The van der Waals surface area contributed by atoms with Crippen LogP contribution in [0.25, 0.3) is 16.8 Å². The number of hydrogen-bond acceptors (Lipinski definition) is 4. The van der Waals surface area contributed by atoms with Crippen LogP contribution in [0.15, 0.2) is 42.0 Å². The van der Waals surface area contributed by atoms with Crippen LogP contribution in [0.4, 0.5) is 0 Å². The van der Waals surface area contributed by atoms with Gasteiger partial charge in [-0.3, -0.25) is 19.8 Å². The monoisotopic (exact) mass is 326 g/mol. The zero-order valence-corrected chi connectivity index (χ0v) is 13.4. The van der Waals surface area contributed by atoms with Crippen molar-refractivity contribution in [1.82, 2.24) is 10.2 Å². The average Bonchev–Trinajstić information content (AvgIpc) is 2.56. The van der Waals surface area contributed by atoms with Crippen molar-refractivity contribution in [3.05, 3.63) is 47.5 Å². The molecule has 1 saturated heterocycles. The number of carbonyl (C=O) groups is 2. The van der Waals surface area contributed by atoms with Gasteiger partial charge in [0.05, 0.1) is 7.11 Å². The van der Waals surface area contributed by atoms with Gasteiger partial charge in [-0.15, -0.1) is 0 Å². The molecule has 1 aliphatic rings. The van der Waals surface area contributed by atoms with E-state index in [9.17, 15) is 9.59 Å². The topological polar surface area (TPSA) is 58.6 Å². The molecule has 1 fully saturated rings. The lowest BCUT2D eigenvalue weighted by Gasteiger charge is -2.25. The van der Waals surface area contributed by atoms with E-state index in [1.165, 1.54) is 11.9 Å². The molecule has 0 spiro atoms. The van der Waals surface area contributed by atoms with Gasteiger partial charge in [-0.05, 0) is 35.1 Å². The van der Waals surface area contributed by atoms with Crippen molar-refractivity contribution in [2.45, 2.75) is 0 Å². The maximum Gasteiger partial charge on any atom is 0.265 e. The second kappa shape index (κ2) is 5.81. The van der Waals surface area contributed by atoms with Crippen LogP contribution in [0.2, 0.25) is 0 Å². The first-order valence-corrected chi connectivity index (χ1v) is 7.34. The molecule has 2 aromatic rings. The Morgan fingerprint density at radius 1 is 1.17 bits per heavy atom. The standard InChI is InChI=1S/C17H14N2O3S/c1-19-16(21)13(15(20)18-17(19)23)9-12-11-6-4-3-5-10(11)7-8-14(12)22-2/h3-9H,1-2H3,(H,18,20,23)/b13-9+. The summed E-state index contributed by atoms with van der Waals surface area (Å²) in [5.74, 6) is -0.352. The van der Waals surface area contributed by atoms with Gasteiger partial charge in [0.25, 0.3) is 11.8 Å². The molecule has 2 amide bonds. The van der Waals surface area contributed by atoms with Crippen LogP contribution in [-0.2, 0) is 9.59 Å². The van der Waals surface area contributed by atoms with E-state index in [1.807, 2.05) is 36.4 Å². The number of methoxy groups -OCH3 is 1. The Morgan fingerprint density at radius 2 is 1.91 bits per heavy atom. The fourth-order valence-electron chi connectivity index (χ4n) is 2.49. The van der Waals surface area contributed by atoms with Crippen molar-refractivity contribution >= 4 is 46.0 Å². The van der Waals surface area contributed by atoms with Crippen molar-refractivity contribution < 1.29 is 14.3 Å². The zero-order chi connectivity index (χ0) is 16.6.